The molecule has 2 aromatic rings. The van der Waals surface area contributed by atoms with Gasteiger partial charge < -0.3 is 14.8 Å². The van der Waals surface area contributed by atoms with Gasteiger partial charge in [0.2, 0.25) is 5.88 Å². The van der Waals surface area contributed by atoms with Crippen molar-refractivity contribution in [2.45, 2.75) is 20.4 Å². The molecule has 1 aromatic carbocycles. The summed E-state index contributed by atoms with van der Waals surface area (Å²) < 4.78 is 12.8. The molecule has 1 aromatic heterocycles. The Morgan fingerprint density at radius 3 is 2.57 bits per heavy atom. The predicted molar refractivity (Wildman–Crippen MR) is 82.8 cm³/mol. The molecule has 0 aliphatic rings. The summed E-state index contributed by atoms with van der Waals surface area (Å²) in [7, 11) is 3.60. The Hall–Kier alpha value is -1.85. The van der Waals surface area contributed by atoms with Crippen LogP contribution >= 0.6 is 0 Å². The standard InChI is InChI=1S/C16H23N3O2/c1-12-5-7-14(8-6-12)21-16-15(11-17-9-10-20-4)13(2)18-19(16)3/h5-8,17H,9-11H2,1-4H3. The zero-order valence-corrected chi connectivity index (χ0v) is 13.1. The molecule has 0 amide bonds. The highest BCUT2D eigenvalue weighted by Crippen LogP contribution is 2.27. The summed E-state index contributed by atoms with van der Waals surface area (Å²) in [5.74, 6) is 1.60. The molecule has 5 heteroatoms. The van der Waals surface area contributed by atoms with Crippen LogP contribution in [0.3, 0.4) is 0 Å². The quantitative estimate of drug-likeness (QED) is 0.796. The number of rotatable bonds is 7. The van der Waals surface area contributed by atoms with Crippen LogP contribution in [-0.2, 0) is 18.3 Å². The third kappa shape index (κ3) is 4.06. The van der Waals surface area contributed by atoms with E-state index >= 15 is 0 Å². The highest BCUT2D eigenvalue weighted by atomic mass is 16.5. The van der Waals surface area contributed by atoms with Gasteiger partial charge in [0, 0.05) is 27.2 Å². The van der Waals surface area contributed by atoms with Crippen LogP contribution in [0, 0.1) is 13.8 Å². The van der Waals surface area contributed by atoms with Crippen LogP contribution in [0.4, 0.5) is 0 Å². The number of ether oxygens (including phenoxy) is 2. The van der Waals surface area contributed by atoms with Crippen molar-refractivity contribution in [1.29, 1.82) is 0 Å². The number of nitrogens with zero attached hydrogens (tertiary/aromatic N) is 2. The van der Waals surface area contributed by atoms with Gasteiger partial charge in [-0.15, -0.1) is 0 Å². The number of nitrogens with one attached hydrogen (secondary N) is 1. The average molecular weight is 289 g/mol. The highest BCUT2D eigenvalue weighted by Gasteiger charge is 2.15. The molecule has 0 saturated carbocycles. The van der Waals surface area contributed by atoms with Gasteiger partial charge >= 0.3 is 0 Å². The lowest BCUT2D eigenvalue weighted by Gasteiger charge is -2.10. The van der Waals surface area contributed by atoms with E-state index in [0.29, 0.717) is 13.2 Å². The van der Waals surface area contributed by atoms with E-state index in [1.54, 1.807) is 11.8 Å². The van der Waals surface area contributed by atoms with Crippen LogP contribution in [0.25, 0.3) is 0 Å². The van der Waals surface area contributed by atoms with Gasteiger partial charge in [0.1, 0.15) is 5.75 Å². The first-order chi connectivity index (χ1) is 10.1. The smallest absolute Gasteiger partial charge is 0.222 e. The maximum atomic E-state index is 6.00. The normalized spacial score (nSPS) is 10.9. The summed E-state index contributed by atoms with van der Waals surface area (Å²) in [6.07, 6.45) is 0. The molecule has 0 saturated heterocycles. The summed E-state index contributed by atoms with van der Waals surface area (Å²) in [6, 6.07) is 8.02. The largest absolute Gasteiger partial charge is 0.439 e. The van der Waals surface area contributed by atoms with Crippen molar-refractivity contribution < 1.29 is 9.47 Å². The summed E-state index contributed by atoms with van der Waals surface area (Å²) in [4.78, 5) is 0. The molecule has 0 unspecified atom stereocenters. The number of hydrogen-bond acceptors (Lipinski definition) is 4. The Morgan fingerprint density at radius 1 is 1.19 bits per heavy atom. The number of methoxy groups -OCH3 is 1. The molecule has 2 rings (SSSR count). The van der Waals surface area contributed by atoms with E-state index in [1.807, 2.05) is 38.2 Å². The van der Waals surface area contributed by atoms with E-state index in [-0.39, 0.29) is 0 Å². The van der Waals surface area contributed by atoms with Crippen LogP contribution in [-0.4, -0.2) is 30.0 Å². The first kappa shape index (κ1) is 15.5. The van der Waals surface area contributed by atoms with Gasteiger partial charge in [-0.1, -0.05) is 17.7 Å². The maximum absolute atomic E-state index is 6.00. The monoisotopic (exact) mass is 289 g/mol. The van der Waals surface area contributed by atoms with Gasteiger partial charge in [0.15, 0.2) is 0 Å². The maximum Gasteiger partial charge on any atom is 0.222 e. The fourth-order valence-electron chi connectivity index (χ4n) is 2.12. The van der Waals surface area contributed by atoms with E-state index in [2.05, 4.69) is 17.3 Å². The van der Waals surface area contributed by atoms with Gasteiger partial charge in [0.05, 0.1) is 17.9 Å². The number of hydrogen-bond donors (Lipinski definition) is 1. The predicted octanol–water partition coefficient (Wildman–Crippen LogP) is 2.57. The fraction of sp³-hybridized carbons (Fsp3) is 0.438. The molecule has 5 nitrogen and oxygen atoms in total. The van der Waals surface area contributed by atoms with Crippen molar-refractivity contribution in [2.24, 2.45) is 7.05 Å². The molecule has 0 atom stereocenters. The minimum atomic E-state index is 0.688. The van der Waals surface area contributed by atoms with Crippen LogP contribution in [0.2, 0.25) is 0 Å². The topological polar surface area (TPSA) is 48.3 Å². The third-order valence-electron chi connectivity index (χ3n) is 3.31. The van der Waals surface area contributed by atoms with Gasteiger partial charge in [-0.05, 0) is 26.0 Å². The van der Waals surface area contributed by atoms with Gasteiger partial charge in [-0.25, -0.2) is 4.68 Å². The summed E-state index contributed by atoms with van der Waals surface area (Å²) in [5.41, 5.74) is 3.27. The van der Waals surface area contributed by atoms with E-state index in [9.17, 15) is 0 Å². The number of aryl methyl sites for hydroxylation is 3. The first-order valence-corrected chi connectivity index (χ1v) is 7.08. The summed E-state index contributed by atoms with van der Waals surface area (Å²) >= 11 is 0. The van der Waals surface area contributed by atoms with E-state index in [4.69, 9.17) is 9.47 Å². The van der Waals surface area contributed by atoms with E-state index in [0.717, 1.165) is 29.4 Å². The van der Waals surface area contributed by atoms with Gasteiger partial charge in [0.25, 0.3) is 0 Å². The zero-order valence-electron chi connectivity index (χ0n) is 13.1. The lowest BCUT2D eigenvalue weighted by Crippen LogP contribution is -2.19. The van der Waals surface area contributed by atoms with Crippen LogP contribution in [0.1, 0.15) is 16.8 Å². The van der Waals surface area contributed by atoms with Crippen molar-refractivity contribution in [1.82, 2.24) is 15.1 Å². The summed E-state index contributed by atoms with van der Waals surface area (Å²) in [6.45, 7) is 6.25. The molecule has 114 valence electrons. The molecule has 0 aliphatic heterocycles. The molecule has 1 heterocycles. The molecule has 0 bridgehead atoms. The molecular weight excluding hydrogens is 266 g/mol. The minimum Gasteiger partial charge on any atom is -0.439 e. The average Bonchev–Trinajstić information content (AvgIpc) is 2.72. The minimum absolute atomic E-state index is 0.688. The third-order valence-corrected chi connectivity index (χ3v) is 3.31. The fourth-order valence-corrected chi connectivity index (χ4v) is 2.12. The second-order valence-corrected chi connectivity index (χ2v) is 5.08. The van der Waals surface area contributed by atoms with Crippen LogP contribution in [0.5, 0.6) is 11.6 Å². The van der Waals surface area contributed by atoms with Gasteiger partial charge in [-0.2, -0.15) is 5.10 Å². The van der Waals surface area contributed by atoms with Crippen molar-refractivity contribution in [2.75, 3.05) is 20.3 Å². The molecule has 21 heavy (non-hydrogen) atoms. The zero-order chi connectivity index (χ0) is 15.2. The lowest BCUT2D eigenvalue weighted by atomic mass is 10.2. The molecule has 0 radical (unpaired) electrons. The van der Waals surface area contributed by atoms with Crippen molar-refractivity contribution in [3.63, 3.8) is 0 Å². The second kappa shape index (κ2) is 7.24. The second-order valence-electron chi connectivity index (χ2n) is 5.08. The lowest BCUT2D eigenvalue weighted by molar-refractivity contribution is 0.199. The Morgan fingerprint density at radius 2 is 1.90 bits per heavy atom. The Balaban J connectivity index is 2.12. The van der Waals surface area contributed by atoms with E-state index < -0.39 is 0 Å². The highest BCUT2D eigenvalue weighted by molar-refractivity contribution is 5.36. The number of benzene rings is 1. The van der Waals surface area contributed by atoms with Crippen molar-refractivity contribution >= 4 is 0 Å². The van der Waals surface area contributed by atoms with Crippen LogP contribution in [0.15, 0.2) is 24.3 Å². The van der Waals surface area contributed by atoms with Gasteiger partial charge in [-0.3, -0.25) is 0 Å². The van der Waals surface area contributed by atoms with Crippen molar-refractivity contribution in [3.8, 4) is 11.6 Å². The molecular formula is C16H23N3O2. The first-order valence-electron chi connectivity index (χ1n) is 7.08. The molecule has 0 spiro atoms. The Bertz CT molecular complexity index is 576. The van der Waals surface area contributed by atoms with Crippen LogP contribution < -0.4 is 10.1 Å². The SMILES string of the molecule is COCCNCc1c(C)nn(C)c1Oc1ccc(C)cc1. The molecule has 1 N–H and O–H groups in total. The molecule has 0 fully saturated rings. The Kier molecular flexibility index (Phi) is 5.36. The number of aromatic nitrogens is 2. The van der Waals surface area contributed by atoms with E-state index in [1.165, 1.54) is 5.56 Å². The van der Waals surface area contributed by atoms with Crippen molar-refractivity contribution in [3.05, 3.63) is 41.1 Å². The molecule has 0 aliphatic carbocycles. The summed E-state index contributed by atoms with van der Waals surface area (Å²) in [5, 5.41) is 7.78. The Labute approximate surface area is 125 Å².